The van der Waals surface area contributed by atoms with Crippen molar-refractivity contribution in [3.05, 3.63) is 47.1 Å². The van der Waals surface area contributed by atoms with Crippen molar-refractivity contribution in [2.75, 3.05) is 51.8 Å². The van der Waals surface area contributed by atoms with Crippen molar-refractivity contribution in [1.82, 2.24) is 25.6 Å². The van der Waals surface area contributed by atoms with Crippen molar-refractivity contribution in [3.8, 4) is 0 Å². The zero-order chi connectivity index (χ0) is 34.6. The summed E-state index contributed by atoms with van der Waals surface area (Å²) in [5, 5.41) is 12.5. The van der Waals surface area contributed by atoms with Gasteiger partial charge in [-0.3, -0.25) is 19.2 Å². The zero-order valence-electron chi connectivity index (χ0n) is 28.6. The maximum Gasteiger partial charge on any atom is 0.257 e. The maximum absolute atomic E-state index is 15.7. The van der Waals surface area contributed by atoms with Crippen LogP contribution in [-0.2, 0) is 24.5 Å². The number of carbonyl (C=O) groups is 4. The molecule has 2 aliphatic heterocycles. The van der Waals surface area contributed by atoms with Crippen LogP contribution in [-0.4, -0.2) is 97.1 Å². The standard InChI is InChI=1S/C35H49FN6O6/c1-6-28(43)38-29(34(46)42-15-13-41(5)14-16-42)22(3)24-11-12-27(26(36)17-24)37-33(45)30(23-9-7-21(2)8-10-23)39-32(44)25-18-48-40-31(25)35(4)19-47-20-35/h11-12,17-18,21-23,29-30H,6-10,13-16,19-20H2,1-5H3,(H,37,45)(H,38,43)(H,39,44)/t21?,22-,23?,29+,30-/m0/s1. The predicted octanol–water partition coefficient (Wildman–Crippen LogP) is 3.44. The van der Waals surface area contributed by atoms with Crippen molar-refractivity contribution in [2.45, 2.75) is 83.2 Å². The maximum atomic E-state index is 15.7. The first kappa shape index (κ1) is 35.5. The van der Waals surface area contributed by atoms with E-state index in [1.165, 1.54) is 18.4 Å². The summed E-state index contributed by atoms with van der Waals surface area (Å²) in [6.45, 7) is 11.0. The van der Waals surface area contributed by atoms with Crippen LogP contribution in [0.3, 0.4) is 0 Å². The van der Waals surface area contributed by atoms with Gasteiger partial charge in [-0.1, -0.05) is 44.8 Å². The van der Waals surface area contributed by atoms with E-state index in [4.69, 9.17) is 9.26 Å². The number of likely N-dealkylation sites (N-methyl/N-ethyl adjacent to an activating group) is 1. The SMILES string of the molecule is CCC(=O)N[C@@H](C(=O)N1CCN(C)CC1)[C@@H](C)c1ccc(NC(=O)[C@@H](NC(=O)c2conc2C2(C)COC2)C2CCC(C)CC2)c(F)c1. The first-order valence-corrected chi connectivity index (χ1v) is 17.1. The summed E-state index contributed by atoms with van der Waals surface area (Å²) in [5.74, 6) is -2.30. The summed E-state index contributed by atoms with van der Waals surface area (Å²) in [7, 11) is 1.99. The van der Waals surface area contributed by atoms with Gasteiger partial charge in [0, 0.05) is 38.5 Å². The Hall–Kier alpha value is -3.84. The molecule has 48 heavy (non-hydrogen) atoms. The fourth-order valence-corrected chi connectivity index (χ4v) is 6.83. The molecule has 0 radical (unpaired) electrons. The van der Waals surface area contributed by atoms with Crippen LogP contribution >= 0.6 is 0 Å². The molecule has 2 aromatic rings. The second-order valence-corrected chi connectivity index (χ2v) is 14.1. The van der Waals surface area contributed by atoms with Crippen molar-refractivity contribution >= 4 is 29.3 Å². The molecule has 3 atom stereocenters. The van der Waals surface area contributed by atoms with E-state index in [9.17, 15) is 19.2 Å². The van der Waals surface area contributed by atoms with Crippen LogP contribution in [0.25, 0.3) is 0 Å². The highest BCUT2D eigenvalue weighted by Gasteiger charge is 2.42. The summed E-state index contributed by atoms with van der Waals surface area (Å²) in [6.07, 6.45) is 4.82. The van der Waals surface area contributed by atoms with Crippen LogP contribution in [0.2, 0.25) is 0 Å². The van der Waals surface area contributed by atoms with E-state index >= 15 is 4.39 Å². The number of nitrogens with zero attached hydrogens (tertiary/aromatic N) is 3. The lowest BCUT2D eigenvalue weighted by Gasteiger charge is -2.37. The number of nitrogens with one attached hydrogen (secondary N) is 3. The molecule has 262 valence electrons. The fourth-order valence-electron chi connectivity index (χ4n) is 6.83. The minimum Gasteiger partial charge on any atom is -0.379 e. The Morgan fingerprint density at radius 1 is 1.06 bits per heavy atom. The number of rotatable bonds is 11. The quantitative estimate of drug-likeness (QED) is 0.330. The average molecular weight is 669 g/mol. The third-order valence-corrected chi connectivity index (χ3v) is 10.3. The van der Waals surface area contributed by atoms with Gasteiger partial charge < -0.3 is 35.0 Å². The van der Waals surface area contributed by atoms with Crippen molar-refractivity contribution < 1.29 is 32.8 Å². The van der Waals surface area contributed by atoms with E-state index in [1.807, 2.05) is 14.0 Å². The molecule has 1 aromatic carbocycles. The van der Waals surface area contributed by atoms with Gasteiger partial charge in [0.25, 0.3) is 5.91 Å². The Labute approximate surface area is 281 Å². The Kier molecular flexibility index (Phi) is 11.2. The van der Waals surface area contributed by atoms with Crippen LogP contribution in [0.15, 0.2) is 29.0 Å². The van der Waals surface area contributed by atoms with Gasteiger partial charge in [-0.05, 0) is 56.3 Å². The lowest BCUT2D eigenvalue weighted by atomic mass is 9.78. The molecule has 0 bridgehead atoms. The second kappa shape index (κ2) is 15.1. The number of hydrogen-bond acceptors (Lipinski definition) is 8. The molecule has 2 saturated heterocycles. The first-order valence-electron chi connectivity index (χ1n) is 17.1. The Balaban J connectivity index is 1.32. The molecule has 12 nitrogen and oxygen atoms in total. The van der Waals surface area contributed by atoms with Crippen molar-refractivity contribution in [3.63, 3.8) is 0 Å². The molecular formula is C35H49FN6O6. The van der Waals surface area contributed by atoms with E-state index in [1.54, 1.807) is 24.8 Å². The number of carbonyl (C=O) groups excluding carboxylic acids is 4. The minimum atomic E-state index is -0.911. The number of hydrogen-bond donors (Lipinski definition) is 3. The van der Waals surface area contributed by atoms with Gasteiger partial charge in [-0.25, -0.2) is 4.39 Å². The molecule has 3 heterocycles. The van der Waals surface area contributed by atoms with Crippen molar-refractivity contribution in [2.24, 2.45) is 11.8 Å². The Bertz CT molecular complexity index is 1480. The third-order valence-electron chi connectivity index (χ3n) is 10.3. The molecule has 3 aliphatic rings. The molecule has 13 heteroatoms. The molecule has 3 fully saturated rings. The number of halogens is 1. The van der Waals surface area contributed by atoms with Gasteiger partial charge >= 0.3 is 0 Å². The van der Waals surface area contributed by atoms with Crippen LogP contribution in [0.1, 0.15) is 87.3 Å². The van der Waals surface area contributed by atoms with Crippen LogP contribution in [0, 0.1) is 17.7 Å². The van der Waals surface area contributed by atoms with E-state index in [2.05, 4.69) is 32.9 Å². The van der Waals surface area contributed by atoms with E-state index < -0.39 is 41.0 Å². The number of piperazine rings is 1. The number of amides is 4. The minimum absolute atomic E-state index is 0.0382. The van der Waals surface area contributed by atoms with Gasteiger partial charge in [0.2, 0.25) is 17.7 Å². The van der Waals surface area contributed by atoms with E-state index in [0.29, 0.717) is 43.5 Å². The van der Waals surface area contributed by atoms with Gasteiger partial charge in [0.1, 0.15) is 35.4 Å². The van der Waals surface area contributed by atoms with Crippen LogP contribution in [0.5, 0.6) is 0 Å². The lowest BCUT2D eigenvalue weighted by Crippen LogP contribution is -2.55. The summed E-state index contributed by atoms with van der Waals surface area (Å²) < 4.78 is 26.2. The number of aromatic nitrogens is 1. The van der Waals surface area contributed by atoms with E-state index in [0.717, 1.165) is 38.8 Å². The number of benzene rings is 1. The topological polar surface area (TPSA) is 146 Å². The molecular weight excluding hydrogens is 619 g/mol. The normalized spacial score (nSPS) is 22.9. The Morgan fingerprint density at radius 3 is 2.35 bits per heavy atom. The highest BCUT2D eigenvalue weighted by Crippen LogP contribution is 2.34. The molecule has 0 spiro atoms. The number of ether oxygens (including phenoxy) is 1. The van der Waals surface area contributed by atoms with Gasteiger partial charge in [0.15, 0.2) is 0 Å². The summed E-state index contributed by atoms with van der Waals surface area (Å²) >= 11 is 0. The van der Waals surface area contributed by atoms with Gasteiger partial charge in [0.05, 0.1) is 24.3 Å². The second-order valence-electron chi connectivity index (χ2n) is 14.1. The molecule has 3 N–H and O–H groups in total. The molecule has 1 aliphatic carbocycles. The fraction of sp³-hybridized carbons (Fsp3) is 0.629. The highest BCUT2D eigenvalue weighted by atomic mass is 19.1. The van der Waals surface area contributed by atoms with E-state index in [-0.39, 0.29) is 35.4 Å². The zero-order valence-corrected chi connectivity index (χ0v) is 28.6. The van der Waals surface area contributed by atoms with Gasteiger partial charge in [-0.15, -0.1) is 0 Å². The summed E-state index contributed by atoms with van der Waals surface area (Å²) in [6, 6.07) is 2.64. The van der Waals surface area contributed by atoms with Crippen LogP contribution < -0.4 is 16.0 Å². The van der Waals surface area contributed by atoms with Crippen molar-refractivity contribution in [1.29, 1.82) is 0 Å². The monoisotopic (exact) mass is 668 g/mol. The van der Waals surface area contributed by atoms with Gasteiger partial charge in [-0.2, -0.15) is 0 Å². The molecule has 0 unspecified atom stereocenters. The molecule has 1 aromatic heterocycles. The largest absolute Gasteiger partial charge is 0.379 e. The highest BCUT2D eigenvalue weighted by molar-refractivity contribution is 6.02. The smallest absolute Gasteiger partial charge is 0.257 e. The number of anilines is 1. The predicted molar refractivity (Wildman–Crippen MR) is 177 cm³/mol. The van der Waals surface area contributed by atoms with Crippen LogP contribution in [0.4, 0.5) is 10.1 Å². The third kappa shape index (κ3) is 7.89. The Morgan fingerprint density at radius 2 is 1.75 bits per heavy atom. The lowest BCUT2D eigenvalue weighted by molar-refractivity contribution is -0.138. The molecule has 4 amide bonds. The first-order chi connectivity index (χ1) is 22.9. The summed E-state index contributed by atoms with van der Waals surface area (Å²) in [4.78, 5) is 57.3. The molecule has 5 rings (SSSR count). The summed E-state index contributed by atoms with van der Waals surface area (Å²) in [5.41, 5.74) is 0.756. The average Bonchev–Trinajstić information content (AvgIpc) is 3.56. The molecule has 1 saturated carbocycles.